The number of halogens is 3. The zero-order valence-electron chi connectivity index (χ0n) is 7.63. The van der Waals surface area contributed by atoms with Crippen molar-refractivity contribution in [2.45, 2.75) is 6.18 Å². The van der Waals surface area contributed by atoms with Gasteiger partial charge in [0.15, 0.2) is 11.6 Å². The van der Waals surface area contributed by atoms with Crippen molar-refractivity contribution in [3.63, 3.8) is 0 Å². The van der Waals surface area contributed by atoms with Gasteiger partial charge in [-0.1, -0.05) is 0 Å². The Kier molecular flexibility index (Phi) is 2.50. The molecule has 4 nitrogen and oxygen atoms in total. The molecule has 0 unspecified atom stereocenters. The Bertz CT molecular complexity index is 334. The molecule has 0 amide bonds. The van der Waals surface area contributed by atoms with Crippen LogP contribution in [-0.2, 0) is 6.18 Å². The maximum Gasteiger partial charge on any atom is 0.420 e. The lowest BCUT2D eigenvalue weighted by molar-refractivity contribution is -0.137. The van der Waals surface area contributed by atoms with Crippen molar-refractivity contribution in [3.05, 3.63) is 11.6 Å². The zero-order valence-corrected chi connectivity index (χ0v) is 7.63. The lowest BCUT2D eigenvalue weighted by Crippen LogP contribution is -2.16. The van der Waals surface area contributed by atoms with Crippen molar-refractivity contribution in [2.24, 2.45) is 0 Å². The van der Waals surface area contributed by atoms with E-state index in [1.807, 2.05) is 0 Å². The zero-order chi connectivity index (χ0) is 10.9. The first-order chi connectivity index (χ1) is 6.32. The van der Waals surface area contributed by atoms with Crippen molar-refractivity contribution in [1.29, 1.82) is 0 Å². The monoisotopic (exact) mass is 206 g/mol. The highest BCUT2D eigenvalue weighted by atomic mass is 19.4. The predicted octanol–water partition coefficient (Wildman–Crippen LogP) is 1.14. The summed E-state index contributed by atoms with van der Waals surface area (Å²) < 4.78 is 37.0. The van der Waals surface area contributed by atoms with Crippen molar-refractivity contribution < 1.29 is 13.2 Å². The van der Waals surface area contributed by atoms with Gasteiger partial charge in [-0.3, -0.25) is 0 Å². The lowest BCUT2D eigenvalue weighted by atomic mass is 10.2. The quantitative estimate of drug-likeness (QED) is 0.748. The highest BCUT2D eigenvalue weighted by molar-refractivity contribution is 5.48. The van der Waals surface area contributed by atoms with E-state index in [-0.39, 0.29) is 5.82 Å². The Hall–Kier alpha value is -1.53. The summed E-state index contributed by atoms with van der Waals surface area (Å²) in [5.74, 6) is -0.491. The summed E-state index contributed by atoms with van der Waals surface area (Å²) in [5, 5.41) is 6.74. The van der Waals surface area contributed by atoms with Gasteiger partial charge >= 0.3 is 6.18 Å². The number of nitrogens with two attached hydrogens (primary N) is 1. The summed E-state index contributed by atoms with van der Waals surface area (Å²) in [5.41, 5.74) is 4.10. The molecule has 0 bridgehead atoms. The Labute approximate surface area is 78.5 Å². The molecule has 7 heteroatoms. The van der Waals surface area contributed by atoms with Crippen LogP contribution in [0.5, 0.6) is 0 Å². The summed E-state index contributed by atoms with van der Waals surface area (Å²) in [6.45, 7) is 0. The first-order valence-corrected chi connectivity index (χ1v) is 3.70. The van der Waals surface area contributed by atoms with E-state index in [4.69, 9.17) is 5.73 Å². The maximum absolute atomic E-state index is 12.3. The van der Waals surface area contributed by atoms with Crippen molar-refractivity contribution >= 4 is 11.6 Å². The Morgan fingerprint density at radius 1 is 1.29 bits per heavy atom. The molecule has 14 heavy (non-hydrogen) atoms. The summed E-state index contributed by atoms with van der Waals surface area (Å²) in [7, 11) is 3.14. The molecule has 0 aliphatic carbocycles. The molecule has 0 saturated heterocycles. The first-order valence-electron chi connectivity index (χ1n) is 3.70. The van der Waals surface area contributed by atoms with Crippen LogP contribution in [0.25, 0.3) is 0 Å². The van der Waals surface area contributed by atoms with Gasteiger partial charge in [-0.05, 0) is 6.07 Å². The molecule has 0 aliphatic rings. The average Bonchev–Trinajstić information content (AvgIpc) is 2.02. The summed E-state index contributed by atoms with van der Waals surface area (Å²) in [4.78, 5) is 1.42. The molecule has 0 saturated carbocycles. The number of hydrogen-bond acceptors (Lipinski definition) is 4. The molecule has 2 N–H and O–H groups in total. The molecule has 0 radical (unpaired) electrons. The van der Waals surface area contributed by atoms with Gasteiger partial charge in [0.25, 0.3) is 0 Å². The van der Waals surface area contributed by atoms with Gasteiger partial charge in [-0.25, -0.2) is 0 Å². The number of anilines is 2. The first kappa shape index (κ1) is 10.6. The normalized spacial score (nSPS) is 11.5. The van der Waals surface area contributed by atoms with Gasteiger partial charge in [0, 0.05) is 14.1 Å². The Morgan fingerprint density at radius 2 is 1.86 bits per heavy atom. The second-order valence-corrected chi connectivity index (χ2v) is 2.89. The molecule has 1 aromatic heterocycles. The van der Waals surface area contributed by atoms with E-state index in [9.17, 15) is 13.2 Å². The van der Waals surface area contributed by atoms with Gasteiger partial charge < -0.3 is 10.6 Å². The van der Waals surface area contributed by atoms with E-state index in [2.05, 4.69) is 10.2 Å². The van der Waals surface area contributed by atoms with E-state index < -0.39 is 17.6 Å². The molecular weight excluding hydrogens is 197 g/mol. The van der Waals surface area contributed by atoms with Crippen LogP contribution in [0.4, 0.5) is 24.8 Å². The van der Waals surface area contributed by atoms with Gasteiger partial charge in [0.05, 0.1) is 0 Å². The minimum absolute atomic E-state index is 0.117. The van der Waals surface area contributed by atoms with E-state index in [0.29, 0.717) is 0 Å². The van der Waals surface area contributed by atoms with Crippen LogP contribution in [0, 0.1) is 0 Å². The third kappa shape index (κ3) is 2.04. The third-order valence-electron chi connectivity index (χ3n) is 1.57. The number of aromatic nitrogens is 2. The van der Waals surface area contributed by atoms with E-state index in [0.717, 1.165) is 6.07 Å². The smallest absolute Gasteiger partial charge is 0.382 e. The highest BCUT2D eigenvalue weighted by Crippen LogP contribution is 2.33. The lowest BCUT2D eigenvalue weighted by Gasteiger charge is -2.14. The van der Waals surface area contributed by atoms with Gasteiger partial charge in [0.1, 0.15) is 5.56 Å². The fourth-order valence-electron chi connectivity index (χ4n) is 0.836. The topological polar surface area (TPSA) is 55.0 Å². The Morgan fingerprint density at radius 3 is 2.29 bits per heavy atom. The number of alkyl halides is 3. The number of nitrogens with zero attached hydrogens (tertiary/aromatic N) is 3. The fraction of sp³-hybridized carbons (Fsp3) is 0.429. The van der Waals surface area contributed by atoms with E-state index >= 15 is 0 Å². The van der Waals surface area contributed by atoms with Crippen molar-refractivity contribution in [3.8, 4) is 0 Å². The average molecular weight is 206 g/mol. The van der Waals surface area contributed by atoms with Crippen LogP contribution in [0.1, 0.15) is 5.56 Å². The summed E-state index contributed by atoms with van der Waals surface area (Å²) in [6, 6.07) is 0.863. The summed E-state index contributed by atoms with van der Waals surface area (Å²) in [6.07, 6.45) is -4.50. The number of nitrogen functional groups attached to an aromatic ring is 1. The highest BCUT2D eigenvalue weighted by Gasteiger charge is 2.34. The van der Waals surface area contributed by atoms with Crippen LogP contribution in [0.2, 0.25) is 0 Å². The molecule has 78 valence electrons. The van der Waals surface area contributed by atoms with Crippen LogP contribution in [-0.4, -0.2) is 24.3 Å². The second-order valence-electron chi connectivity index (χ2n) is 2.89. The number of rotatable bonds is 1. The molecular formula is C7H9F3N4. The van der Waals surface area contributed by atoms with Crippen LogP contribution >= 0.6 is 0 Å². The number of hydrogen-bond donors (Lipinski definition) is 1. The molecule has 0 atom stereocenters. The third-order valence-corrected chi connectivity index (χ3v) is 1.57. The Balaban J connectivity index is 3.22. The standard InChI is InChI=1S/C7H9F3N4/c1-14(2)5-3-4(7(8,9)10)6(11)13-12-5/h3H,1-2H3,(H2,11,13). The molecule has 1 heterocycles. The summed E-state index contributed by atoms with van der Waals surface area (Å²) >= 11 is 0. The van der Waals surface area contributed by atoms with Crippen LogP contribution in [0.3, 0.4) is 0 Å². The molecule has 0 aromatic carbocycles. The fourth-order valence-corrected chi connectivity index (χ4v) is 0.836. The van der Waals surface area contributed by atoms with Crippen LogP contribution in [0.15, 0.2) is 6.07 Å². The van der Waals surface area contributed by atoms with E-state index in [1.165, 1.54) is 4.90 Å². The second kappa shape index (κ2) is 3.32. The van der Waals surface area contributed by atoms with Crippen molar-refractivity contribution in [1.82, 2.24) is 10.2 Å². The molecule has 1 aromatic rings. The van der Waals surface area contributed by atoms with Crippen LogP contribution < -0.4 is 10.6 Å². The van der Waals surface area contributed by atoms with Crippen molar-refractivity contribution in [2.75, 3.05) is 24.7 Å². The van der Waals surface area contributed by atoms with Gasteiger partial charge in [0.2, 0.25) is 0 Å². The molecule has 0 fully saturated rings. The molecule has 0 spiro atoms. The van der Waals surface area contributed by atoms with E-state index in [1.54, 1.807) is 14.1 Å². The molecule has 1 rings (SSSR count). The largest absolute Gasteiger partial charge is 0.420 e. The minimum Gasteiger partial charge on any atom is -0.382 e. The minimum atomic E-state index is -4.50. The van der Waals surface area contributed by atoms with Gasteiger partial charge in [-0.2, -0.15) is 13.2 Å². The SMILES string of the molecule is CN(C)c1cc(C(F)(F)F)c(N)nn1. The maximum atomic E-state index is 12.3. The van der Waals surface area contributed by atoms with Gasteiger partial charge in [-0.15, -0.1) is 10.2 Å². The predicted molar refractivity (Wildman–Crippen MR) is 45.8 cm³/mol. The molecule has 0 aliphatic heterocycles.